The smallest absolute Gasteiger partial charge is 0.120 e. The number of nitrogens with zero attached hydrogens (tertiary/aromatic N) is 3. The van der Waals surface area contributed by atoms with Crippen molar-refractivity contribution in [2.24, 2.45) is 0 Å². The van der Waals surface area contributed by atoms with Gasteiger partial charge >= 0.3 is 0 Å². The van der Waals surface area contributed by atoms with Crippen molar-refractivity contribution in [3.63, 3.8) is 0 Å². The van der Waals surface area contributed by atoms with Gasteiger partial charge in [-0.25, -0.2) is 0 Å². The van der Waals surface area contributed by atoms with E-state index < -0.39 is 0 Å². The second-order valence-electron chi connectivity index (χ2n) is 4.93. The number of aromatic nitrogens is 2. The molecule has 0 N–H and O–H groups in total. The van der Waals surface area contributed by atoms with Crippen LogP contribution in [0.5, 0.6) is 0 Å². The molecule has 19 heavy (non-hydrogen) atoms. The second kappa shape index (κ2) is 5.15. The average Bonchev–Trinajstić information content (AvgIpc) is 3.03. The largest absolute Gasteiger partial charge is 0.309 e. The minimum Gasteiger partial charge on any atom is -0.309 e. The van der Waals surface area contributed by atoms with E-state index >= 15 is 0 Å². The Labute approximate surface area is 117 Å². The second-order valence-corrected chi connectivity index (χ2v) is 5.80. The van der Waals surface area contributed by atoms with Gasteiger partial charge in [0.05, 0.1) is 17.2 Å². The number of para-hydroxylation sites is 1. The van der Waals surface area contributed by atoms with Gasteiger partial charge in [-0.15, -0.1) is 11.3 Å². The molecular weight excluding hydrogens is 254 g/mol. The van der Waals surface area contributed by atoms with Crippen LogP contribution in [0, 0.1) is 0 Å². The fourth-order valence-electron chi connectivity index (χ4n) is 2.30. The molecule has 3 aromatic rings. The number of benzene rings is 1. The number of rotatable bonds is 4. The summed E-state index contributed by atoms with van der Waals surface area (Å²) in [6.07, 6.45) is 5.24. The Morgan fingerprint density at radius 2 is 2.11 bits per heavy atom. The van der Waals surface area contributed by atoms with E-state index in [1.54, 1.807) is 11.3 Å². The van der Waals surface area contributed by atoms with Gasteiger partial charge in [-0.1, -0.05) is 18.2 Å². The van der Waals surface area contributed by atoms with Crippen LogP contribution in [0.1, 0.15) is 5.56 Å². The Bertz CT molecular complexity index is 668. The van der Waals surface area contributed by atoms with Crippen LogP contribution in [-0.4, -0.2) is 35.1 Å². The summed E-state index contributed by atoms with van der Waals surface area (Å²) in [5.41, 5.74) is 4.54. The molecule has 0 unspecified atom stereocenters. The van der Waals surface area contributed by atoms with Crippen LogP contribution in [0.15, 0.2) is 42.2 Å². The zero-order valence-electron chi connectivity index (χ0n) is 11.2. The minimum absolute atomic E-state index is 1.07. The molecule has 0 saturated carbocycles. The minimum atomic E-state index is 1.07. The standard InChI is InChI=1S/C15H17N3S/c1-17(2)8-7-12-10-18(15-9-16-11-19-15)14-6-4-3-5-13(12)14/h3-6,9-11H,7-8H2,1-2H3. The van der Waals surface area contributed by atoms with Gasteiger partial charge < -0.3 is 9.47 Å². The maximum Gasteiger partial charge on any atom is 0.120 e. The monoisotopic (exact) mass is 271 g/mol. The van der Waals surface area contributed by atoms with E-state index in [0.717, 1.165) is 13.0 Å². The summed E-state index contributed by atoms with van der Waals surface area (Å²) in [7, 11) is 4.23. The third-order valence-electron chi connectivity index (χ3n) is 3.28. The van der Waals surface area contributed by atoms with Crippen LogP contribution in [0.2, 0.25) is 0 Å². The van der Waals surface area contributed by atoms with E-state index in [-0.39, 0.29) is 0 Å². The molecule has 1 aromatic carbocycles. The lowest BCUT2D eigenvalue weighted by Gasteiger charge is -2.07. The van der Waals surface area contributed by atoms with E-state index in [1.165, 1.54) is 21.5 Å². The van der Waals surface area contributed by atoms with E-state index in [1.807, 2.05) is 11.7 Å². The van der Waals surface area contributed by atoms with Crippen LogP contribution >= 0.6 is 11.3 Å². The van der Waals surface area contributed by atoms with E-state index in [2.05, 4.69) is 59.0 Å². The Morgan fingerprint density at radius 3 is 2.84 bits per heavy atom. The van der Waals surface area contributed by atoms with Crippen LogP contribution in [0.25, 0.3) is 15.9 Å². The summed E-state index contributed by atoms with van der Waals surface area (Å²) < 4.78 is 2.25. The first-order valence-corrected chi connectivity index (χ1v) is 7.26. The van der Waals surface area contributed by atoms with Crippen LogP contribution in [0.3, 0.4) is 0 Å². The average molecular weight is 271 g/mol. The molecule has 98 valence electrons. The van der Waals surface area contributed by atoms with Crippen molar-refractivity contribution in [3.8, 4) is 5.00 Å². The lowest BCUT2D eigenvalue weighted by molar-refractivity contribution is 0.414. The molecule has 0 radical (unpaired) electrons. The van der Waals surface area contributed by atoms with Gasteiger partial charge in [0.15, 0.2) is 0 Å². The van der Waals surface area contributed by atoms with E-state index in [4.69, 9.17) is 0 Å². The van der Waals surface area contributed by atoms with Crippen molar-refractivity contribution in [1.82, 2.24) is 14.5 Å². The predicted molar refractivity (Wildman–Crippen MR) is 81.2 cm³/mol. The molecule has 3 nitrogen and oxygen atoms in total. The molecule has 2 aromatic heterocycles. The van der Waals surface area contributed by atoms with Crippen molar-refractivity contribution < 1.29 is 0 Å². The van der Waals surface area contributed by atoms with Gasteiger partial charge in [0, 0.05) is 18.1 Å². The van der Waals surface area contributed by atoms with Crippen molar-refractivity contribution in [1.29, 1.82) is 0 Å². The molecule has 0 aliphatic carbocycles. The molecule has 0 saturated heterocycles. The zero-order valence-corrected chi connectivity index (χ0v) is 12.0. The molecule has 0 fully saturated rings. The maximum absolute atomic E-state index is 4.18. The third-order valence-corrected chi connectivity index (χ3v) is 4.05. The Kier molecular flexibility index (Phi) is 3.36. The molecular formula is C15H17N3S. The highest BCUT2D eigenvalue weighted by Gasteiger charge is 2.10. The highest BCUT2D eigenvalue weighted by Crippen LogP contribution is 2.26. The Hall–Kier alpha value is -1.65. The van der Waals surface area contributed by atoms with Crippen LogP contribution < -0.4 is 0 Å². The molecule has 0 spiro atoms. The fraction of sp³-hybridized carbons (Fsp3) is 0.267. The first-order valence-electron chi connectivity index (χ1n) is 6.38. The fourth-order valence-corrected chi connectivity index (χ4v) is 2.92. The Morgan fingerprint density at radius 1 is 1.26 bits per heavy atom. The lowest BCUT2D eigenvalue weighted by Crippen LogP contribution is -2.14. The van der Waals surface area contributed by atoms with Gasteiger partial charge in [0.1, 0.15) is 5.00 Å². The summed E-state index contributed by atoms with van der Waals surface area (Å²) in [5.74, 6) is 0. The third kappa shape index (κ3) is 2.41. The summed E-state index contributed by atoms with van der Waals surface area (Å²) in [4.78, 5) is 6.40. The number of hydrogen-bond donors (Lipinski definition) is 0. The molecule has 0 bridgehead atoms. The summed E-state index contributed by atoms with van der Waals surface area (Å²) in [6.45, 7) is 1.07. The zero-order chi connectivity index (χ0) is 13.2. The summed E-state index contributed by atoms with van der Waals surface area (Å²) in [6, 6.07) is 8.58. The van der Waals surface area contributed by atoms with Crippen molar-refractivity contribution in [2.45, 2.75) is 6.42 Å². The SMILES string of the molecule is CN(C)CCc1cn(-c2cncs2)c2ccccc12. The molecule has 2 heterocycles. The topological polar surface area (TPSA) is 21.1 Å². The maximum atomic E-state index is 4.18. The number of thiazole rings is 1. The highest BCUT2D eigenvalue weighted by atomic mass is 32.1. The molecule has 0 aliphatic rings. The van der Waals surface area contributed by atoms with E-state index in [0.29, 0.717) is 0 Å². The highest BCUT2D eigenvalue weighted by molar-refractivity contribution is 7.12. The first kappa shape index (κ1) is 12.4. The van der Waals surface area contributed by atoms with Crippen molar-refractivity contribution >= 4 is 22.2 Å². The van der Waals surface area contributed by atoms with Crippen LogP contribution in [0.4, 0.5) is 0 Å². The Balaban J connectivity index is 2.08. The van der Waals surface area contributed by atoms with Gasteiger partial charge in [-0.3, -0.25) is 4.98 Å². The summed E-state index contributed by atoms with van der Waals surface area (Å²) in [5, 5.41) is 2.52. The molecule has 0 aliphatic heterocycles. The number of likely N-dealkylation sites (N-methyl/N-ethyl adjacent to an activating group) is 1. The van der Waals surface area contributed by atoms with Gasteiger partial charge in [-0.2, -0.15) is 0 Å². The summed E-state index contributed by atoms with van der Waals surface area (Å²) >= 11 is 1.67. The molecule has 4 heteroatoms. The van der Waals surface area contributed by atoms with Crippen molar-refractivity contribution in [3.05, 3.63) is 47.7 Å². The quantitative estimate of drug-likeness (QED) is 0.726. The molecule has 0 atom stereocenters. The lowest BCUT2D eigenvalue weighted by atomic mass is 10.1. The van der Waals surface area contributed by atoms with Crippen LogP contribution in [-0.2, 0) is 6.42 Å². The predicted octanol–water partition coefficient (Wildman–Crippen LogP) is 3.19. The normalized spacial score (nSPS) is 11.5. The van der Waals surface area contributed by atoms with Gasteiger partial charge in [0.2, 0.25) is 0 Å². The molecule has 0 amide bonds. The number of fused-ring (bicyclic) bond motifs is 1. The van der Waals surface area contributed by atoms with Crippen molar-refractivity contribution in [2.75, 3.05) is 20.6 Å². The first-order chi connectivity index (χ1) is 9.25. The van der Waals surface area contributed by atoms with E-state index in [9.17, 15) is 0 Å². The van der Waals surface area contributed by atoms with Gasteiger partial charge in [0.25, 0.3) is 0 Å². The molecule has 3 rings (SSSR count). The number of hydrogen-bond acceptors (Lipinski definition) is 3. The van der Waals surface area contributed by atoms with Gasteiger partial charge in [-0.05, 0) is 32.1 Å².